The van der Waals surface area contributed by atoms with Crippen LogP contribution in [0.1, 0.15) is 20.0 Å². The smallest absolute Gasteiger partial charge is 0.350 e. The van der Waals surface area contributed by atoms with Crippen molar-refractivity contribution in [2.24, 2.45) is 0 Å². The van der Waals surface area contributed by atoms with Crippen molar-refractivity contribution in [1.29, 1.82) is 0 Å². The molecule has 0 fully saturated rings. The second-order valence-corrected chi connectivity index (χ2v) is 6.98. The van der Waals surface area contributed by atoms with Gasteiger partial charge in [-0.2, -0.15) is 0 Å². The number of hydrogen-bond acceptors (Lipinski definition) is 6. The van der Waals surface area contributed by atoms with E-state index in [-0.39, 0.29) is 4.88 Å². The van der Waals surface area contributed by atoms with Crippen molar-refractivity contribution >= 4 is 50.8 Å². The van der Waals surface area contributed by atoms with E-state index in [0.717, 1.165) is 10.1 Å². The highest BCUT2D eigenvalue weighted by Gasteiger charge is 2.19. The van der Waals surface area contributed by atoms with Crippen molar-refractivity contribution in [2.45, 2.75) is 0 Å². The van der Waals surface area contributed by atoms with Gasteiger partial charge in [-0.25, -0.2) is 4.79 Å². The van der Waals surface area contributed by atoms with E-state index in [0.29, 0.717) is 16.3 Å². The molecular formula is C19H15ClN2O5S. The first-order valence-electron chi connectivity index (χ1n) is 8.07. The van der Waals surface area contributed by atoms with E-state index in [1.807, 2.05) is 18.2 Å². The molecule has 3 rings (SSSR count). The first kappa shape index (κ1) is 19.7. The van der Waals surface area contributed by atoms with Crippen molar-refractivity contribution in [3.8, 4) is 5.75 Å². The van der Waals surface area contributed by atoms with Gasteiger partial charge in [0.15, 0.2) is 6.61 Å². The summed E-state index contributed by atoms with van der Waals surface area (Å²) in [5, 5.41) is 1.04. The summed E-state index contributed by atoms with van der Waals surface area (Å²) in [5.74, 6) is -1.31. The van der Waals surface area contributed by atoms with E-state index in [1.165, 1.54) is 18.4 Å². The summed E-state index contributed by atoms with van der Waals surface area (Å²) < 4.78 is 10.8. The van der Waals surface area contributed by atoms with Gasteiger partial charge in [0.25, 0.3) is 11.8 Å². The molecule has 7 nitrogen and oxygen atoms in total. The number of halogens is 1. The number of esters is 1. The highest BCUT2D eigenvalue weighted by atomic mass is 35.5. The molecule has 0 radical (unpaired) electrons. The van der Waals surface area contributed by atoms with Crippen molar-refractivity contribution in [1.82, 2.24) is 10.9 Å². The molecule has 0 saturated heterocycles. The van der Waals surface area contributed by atoms with E-state index in [9.17, 15) is 14.4 Å². The lowest BCUT2D eigenvalue weighted by Crippen LogP contribution is -2.43. The molecule has 144 valence electrons. The number of nitrogens with one attached hydrogen (secondary N) is 2. The standard InChI is InChI=1S/C19H15ClN2O5S/c1-26-12-8-6-11(7-9-12)18(24)22-21-15(23)10-27-19(25)17-16(20)13-4-2-3-5-14(13)28-17/h2-9H,10H2,1H3,(H,21,23)(H,22,24). The lowest BCUT2D eigenvalue weighted by atomic mass is 10.2. The minimum absolute atomic E-state index is 0.220. The van der Waals surface area contributed by atoms with Crippen LogP contribution in [0.25, 0.3) is 10.1 Å². The zero-order valence-corrected chi connectivity index (χ0v) is 16.2. The molecule has 0 saturated carbocycles. The van der Waals surface area contributed by atoms with E-state index >= 15 is 0 Å². The third-order valence-corrected chi connectivity index (χ3v) is 5.38. The highest BCUT2D eigenvalue weighted by molar-refractivity contribution is 7.21. The van der Waals surface area contributed by atoms with Gasteiger partial charge >= 0.3 is 5.97 Å². The molecule has 3 aromatic rings. The number of hydrogen-bond donors (Lipinski definition) is 2. The van der Waals surface area contributed by atoms with Gasteiger partial charge in [-0.3, -0.25) is 20.4 Å². The Bertz CT molecular complexity index is 1030. The molecule has 28 heavy (non-hydrogen) atoms. The minimum Gasteiger partial charge on any atom is -0.497 e. The van der Waals surface area contributed by atoms with E-state index < -0.39 is 24.4 Å². The average molecular weight is 419 g/mol. The predicted molar refractivity (Wildman–Crippen MR) is 106 cm³/mol. The second kappa shape index (κ2) is 8.73. The molecule has 0 unspecified atom stereocenters. The molecule has 2 N–H and O–H groups in total. The molecule has 0 aliphatic rings. The van der Waals surface area contributed by atoms with Crippen LogP contribution in [0.5, 0.6) is 5.75 Å². The lowest BCUT2D eigenvalue weighted by molar-refractivity contribution is -0.125. The number of carbonyl (C=O) groups is 3. The van der Waals surface area contributed by atoms with Crippen LogP contribution < -0.4 is 15.6 Å². The van der Waals surface area contributed by atoms with Gasteiger partial charge in [-0.1, -0.05) is 29.8 Å². The van der Waals surface area contributed by atoms with Crippen LogP contribution in [-0.2, 0) is 9.53 Å². The Morgan fingerprint density at radius 3 is 2.43 bits per heavy atom. The van der Waals surface area contributed by atoms with Crippen LogP contribution in [-0.4, -0.2) is 31.5 Å². The third kappa shape index (κ3) is 4.41. The second-order valence-electron chi connectivity index (χ2n) is 5.55. The molecular weight excluding hydrogens is 404 g/mol. The Kier molecular flexibility index (Phi) is 6.13. The van der Waals surface area contributed by atoms with Crippen LogP contribution >= 0.6 is 22.9 Å². The van der Waals surface area contributed by atoms with E-state index in [2.05, 4.69) is 10.9 Å². The van der Waals surface area contributed by atoms with Gasteiger partial charge in [-0.05, 0) is 30.3 Å². The predicted octanol–water partition coefficient (Wildman–Crippen LogP) is 3.18. The topological polar surface area (TPSA) is 93.7 Å². The fourth-order valence-electron chi connectivity index (χ4n) is 2.32. The van der Waals surface area contributed by atoms with Gasteiger partial charge < -0.3 is 9.47 Å². The summed E-state index contributed by atoms with van der Waals surface area (Å²) in [7, 11) is 1.52. The maximum absolute atomic E-state index is 12.2. The van der Waals surface area contributed by atoms with Crippen molar-refractivity contribution in [2.75, 3.05) is 13.7 Å². The number of carbonyl (C=O) groups excluding carboxylic acids is 3. The number of amides is 2. The number of benzene rings is 2. The molecule has 0 spiro atoms. The Morgan fingerprint density at radius 1 is 1.04 bits per heavy atom. The van der Waals surface area contributed by atoms with Crippen molar-refractivity contribution < 1.29 is 23.9 Å². The van der Waals surface area contributed by atoms with Crippen molar-refractivity contribution in [3.63, 3.8) is 0 Å². The number of hydrazine groups is 1. The highest BCUT2D eigenvalue weighted by Crippen LogP contribution is 2.35. The molecule has 0 atom stereocenters. The van der Waals surface area contributed by atoms with Gasteiger partial charge in [0.2, 0.25) is 0 Å². The Balaban J connectivity index is 1.51. The van der Waals surface area contributed by atoms with Crippen LogP contribution in [0.3, 0.4) is 0 Å². The van der Waals surface area contributed by atoms with Crippen LogP contribution in [0.4, 0.5) is 0 Å². The lowest BCUT2D eigenvalue weighted by Gasteiger charge is -2.08. The number of methoxy groups -OCH3 is 1. The zero-order chi connectivity index (χ0) is 20.1. The van der Waals surface area contributed by atoms with Crippen LogP contribution in [0, 0.1) is 0 Å². The third-order valence-electron chi connectivity index (χ3n) is 3.72. The minimum atomic E-state index is -0.706. The number of ether oxygens (including phenoxy) is 2. The maximum atomic E-state index is 12.2. The Labute approximate surface area is 169 Å². The average Bonchev–Trinajstić information content (AvgIpc) is 3.07. The van der Waals surface area contributed by atoms with Gasteiger partial charge in [0.05, 0.1) is 12.1 Å². The fraction of sp³-hybridized carbons (Fsp3) is 0.105. The Hall–Kier alpha value is -3.10. The first-order valence-corrected chi connectivity index (χ1v) is 9.26. The monoisotopic (exact) mass is 418 g/mol. The maximum Gasteiger partial charge on any atom is 0.350 e. The van der Waals surface area contributed by atoms with Crippen molar-refractivity contribution in [3.05, 3.63) is 64.0 Å². The van der Waals surface area contributed by atoms with Gasteiger partial charge in [0.1, 0.15) is 10.6 Å². The summed E-state index contributed by atoms with van der Waals surface area (Å²) >= 11 is 7.39. The molecule has 0 bridgehead atoms. The van der Waals surface area contributed by atoms with Crippen LogP contribution in [0.2, 0.25) is 5.02 Å². The number of fused-ring (bicyclic) bond motifs is 1. The molecule has 2 aromatic carbocycles. The van der Waals surface area contributed by atoms with E-state index in [1.54, 1.807) is 30.3 Å². The zero-order valence-electron chi connectivity index (χ0n) is 14.7. The van der Waals surface area contributed by atoms with Gasteiger partial charge in [-0.15, -0.1) is 11.3 Å². The first-order chi connectivity index (χ1) is 13.5. The summed E-state index contributed by atoms with van der Waals surface area (Å²) in [6.07, 6.45) is 0. The quantitative estimate of drug-likeness (QED) is 0.490. The molecule has 0 aliphatic carbocycles. The molecule has 0 aliphatic heterocycles. The fourth-order valence-corrected chi connectivity index (χ4v) is 3.72. The number of thiophene rings is 1. The SMILES string of the molecule is COc1ccc(C(=O)NNC(=O)COC(=O)c2sc3ccccc3c2Cl)cc1. The summed E-state index contributed by atoms with van der Waals surface area (Å²) in [6.45, 7) is -0.563. The summed E-state index contributed by atoms with van der Waals surface area (Å²) in [4.78, 5) is 36.2. The molecule has 2 amide bonds. The van der Waals surface area contributed by atoms with Crippen LogP contribution in [0.15, 0.2) is 48.5 Å². The van der Waals surface area contributed by atoms with Gasteiger partial charge in [0, 0.05) is 15.6 Å². The van der Waals surface area contributed by atoms with E-state index in [4.69, 9.17) is 21.1 Å². The largest absolute Gasteiger partial charge is 0.497 e. The molecule has 1 aromatic heterocycles. The Morgan fingerprint density at radius 2 is 1.75 bits per heavy atom. The number of rotatable bonds is 5. The molecule has 9 heteroatoms. The molecule has 1 heterocycles. The summed E-state index contributed by atoms with van der Waals surface area (Å²) in [5.41, 5.74) is 4.75. The normalized spacial score (nSPS) is 10.4. The summed E-state index contributed by atoms with van der Waals surface area (Å²) in [6, 6.07) is 13.6.